The second kappa shape index (κ2) is 10.2. The average Bonchev–Trinajstić information content (AvgIpc) is 2.72. The van der Waals surface area contributed by atoms with E-state index in [0.29, 0.717) is 33.9 Å². The van der Waals surface area contributed by atoms with Crippen LogP contribution in [-0.4, -0.2) is 47.8 Å². The zero-order chi connectivity index (χ0) is 21.6. The highest BCUT2D eigenvalue weighted by Crippen LogP contribution is 2.39. The molecule has 29 heavy (non-hydrogen) atoms. The molecule has 2 rings (SSSR count). The Balaban J connectivity index is 2.42. The summed E-state index contributed by atoms with van der Waals surface area (Å²) in [7, 11) is 8.46. The van der Waals surface area contributed by atoms with Crippen LogP contribution in [0.5, 0.6) is 23.0 Å². The molecule has 0 saturated carbocycles. The summed E-state index contributed by atoms with van der Waals surface area (Å²) in [5.41, 5.74) is 2.12. The van der Waals surface area contributed by atoms with Gasteiger partial charge in [-0.3, -0.25) is 4.79 Å². The van der Waals surface area contributed by atoms with Gasteiger partial charge in [-0.2, -0.15) is 0 Å². The number of ketones is 1. The normalized spacial score (nSPS) is 11.1. The van der Waals surface area contributed by atoms with Crippen LogP contribution in [0.15, 0.2) is 34.8 Å². The molecule has 0 heterocycles. The number of ether oxygens (including phenoxy) is 4. The van der Waals surface area contributed by atoms with Crippen molar-refractivity contribution in [2.45, 2.75) is 6.92 Å². The number of Topliss-reactive ketones (excluding diaryl/α,β-unsaturated/α-hetero) is 1. The molecule has 0 spiro atoms. The maximum absolute atomic E-state index is 13.0. The number of methoxy groups -OCH3 is 3. The number of anilines is 1. The number of halogens is 1. The third-order valence-electron chi connectivity index (χ3n) is 4.20. The molecule has 2 aromatic rings. The lowest BCUT2D eigenvalue weighted by Crippen LogP contribution is -2.12. The smallest absolute Gasteiger partial charge is 0.203 e. The van der Waals surface area contributed by atoms with Gasteiger partial charge in [0.1, 0.15) is 5.75 Å². The van der Waals surface area contributed by atoms with Crippen LogP contribution in [0.25, 0.3) is 6.08 Å². The minimum atomic E-state index is -0.148. The predicted octanol–water partition coefficient (Wildman–Crippen LogP) is 4.80. The zero-order valence-corrected chi connectivity index (χ0v) is 19.1. The van der Waals surface area contributed by atoms with Gasteiger partial charge in [-0.1, -0.05) is 0 Å². The minimum absolute atomic E-state index is 0.148. The molecular weight excluding hydrogens is 438 g/mol. The van der Waals surface area contributed by atoms with Gasteiger partial charge >= 0.3 is 0 Å². The van der Waals surface area contributed by atoms with E-state index in [0.717, 1.165) is 17.0 Å². The van der Waals surface area contributed by atoms with Crippen LogP contribution in [0.4, 0.5) is 5.69 Å². The Morgan fingerprint density at radius 2 is 1.62 bits per heavy atom. The van der Waals surface area contributed by atoms with Crippen LogP contribution in [-0.2, 0) is 0 Å². The highest BCUT2D eigenvalue weighted by molar-refractivity contribution is 9.12. The van der Waals surface area contributed by atoms with Crippen LogP contribution >= 0.6 is 15.9 Å². The van der Waals surface area contributed by atoms with Gasteiger partial charge in [0.15, 0.2) is 17.3 Å². The van der Waals surface area contributed by atoms with Gasteiger partial charge < -0.3 is 23.8 Å². The number of allylic oxidation sites excluding steroid dienone is 1. The second-order valence-electron chi connectivity index (χ2n) is 6.29. The fraction of sp³-hybridized carbons (Fsp3) is 0.318. The predicted molar refractivity (Wildman–Crippen MR) is 119 cm³/mol. The molecule has 6 nitrogen and oxygen atoms in total. The Labute approximate surface area is 180 Å². The Kier molecular flexibility index (Phi) is 7.96. The Hall–Kier alpha value is -2.67. The monoisotopic (exact) mass is 463 g/mol. The van der Waals surface area contributed by atoms with Crippen molar-refractivity contribution in [2.75, 3.05) is 46.9 Å². The highest BCUT2D eigenvalue weighted by atomic mass is 79.9. The standard InChI is InChI=1S/C22H26BrNO5/c1-7-29-18-9-8-15(13-17(18)24(2)3)21(25)16(23)10-14-11-19(26-4)22(28-6)20(12-14)27-5/h8-13H,7H2,1-6H3. The van der Waals surface area contributed by atoms with Gasteiger partial charge in [0.05, 0.1) is 38.1 Å². The van der Waals surface area contributed by atoms with Gasteiger partial charge in [-0.25, -0.2) is 0 Å². The summed E-state index contributed by atoms with van der Waals surface area (Å²) in [4.78, 5) is 14.9. The van der Waals surface area contributed by atoms with Crippen LogP contribution in [0.2, 0.25) is 0 Å². The van der Waals surface area contributed by atoms with Crippen LogP contribution in [0.1, 0.15) is 22.8 Å². The van der Waals surface area contributed by atoms with Crippen molar-refractivity contribution in [2.24, 2.45) is 0 Å². The molecule has 0 saturated heterocycles. The van der Waals surface area contributed by atoms with Crippen LogP contribution < -0.4 is 23.8 Å². The number of carbonyl (C=O) groups excluding carboxylic acids is 1. The molecule has 0 N–H and O–H groups in total. The largest absolute Gasteiger partial charge is 0.493 e. The first-order valence-corrected chi connectivity index (χ1v) is 9.81. The van der Waals surface area contributed by atoms with Crippen LogP contribution in [0.3, 0.4) is 0 Å². The van der Waals surface area contributed by atoms with E-state index in [4.69, 9.17) is 18.9 Å². The SMILES string of the molecule is CCOc1ccc(C(=O)C(Br)=Cc2cc(OC)c(OC)c(OC)c2)cc1N(C)C. The van der Waals surface area contributed by atoms with E-state index in [1.165, 1.54) is 0 Å². The van der Waals surface area contributed by atoms with Crippen molar-refractivity contribution in [1.29, 1.82) is 0 Å². The minimum Gasteiger partial charge on any atom is -0.493 e. The fourth-order valence-corrected chi connectivity index (χ4v) is 3.31. The lowest BCUT2D eigenvalue weighted by atomic mass is 10.1. The third-order valence-corrected chi connectivity index (χ3v) is 4.79. The van der Waals surface area contributed by atoms with Gasteiger partial charge in [0.2, 0.25) is 5.75 Å². The molecule has 0 aliphatic carbocycles. The van der Waals surface area contributed by atoms with Gasteiger partial charge in [-0.05, 0) is 64.8 Å². The summed E-state index contributed by atoms with van der Waals surface area (Å²) in [6, 6.07) is 8.94. The molecule has 0 unspecified atom stereocenters. The lowest BCUT2D eigenvalue weighted by Gasteiger charge is -2.18. The van der Waals surface area contributed by atoms with Crippen molar-refractivity contribution < 1.29 is 23.7 Å². The van der Waals surface area contributed by atoms with Gasteiger partial charge in [0.25, 0.3) is 0 Å². The summed E-state index contributed by atoms with van der Waals surface area (Å²) in [5, 5.41) is 0. The molecule has 0 aliphatic rings. The first-order chi connectivity index (χ1) is 13.9. The summed E-state index contributed by atoms with van der Waals surface area (Å²) in [6.45, 7) is 2.48. The van der Waals surface area contributed by atoms with E-state index in [9.17, 15) is 4.79 Å². The summed E-state index contributed by atoms with van der Waals surface area (Å²) < 4.78 is 22.1. The first-order valence-electron chi connectivity index (χ1n) is 9.02. The second-order valence-corrected chi connectivity index (χ2v) is 7.14. The van der Waals surface area contributed by atoms with Crippen molar-refractivity contribution in [3.63, 3.8) is 0 Å². The molecule has 0 aliphatic heterocycles. The van der Waals surface area contributed by atoms with E-state index in [1.54, 1.807) is 45.6 Å². The summed E-state index contributed by atoms with van der Waals surface area (Å²) in [6.07, 6.45) is 1.72. The molecule has 0 fully saturated rings. The molecule has 0 bridgehead atoms. The van der Waals surface area contributed by atoms with Gasteiger partial charge in [0, 0.05) is 19.7 Å². The molecular formula is C22H26BrNO5. The number of rotatable bonds is 9. The number of hydrogen-bond donors (Lipinski definition) is 0. The number of nitrogens with zero attached hydrogens (tertiary/aromatic N) is 1. The quantitative estimate of drug-likeness (QED) is 0.393. The van der Waals surface area contributed by atoms with E-state index >= 15 is 0 Å². The van der Waals surface area contributed by atoms with E-state index < -0.39 is 0 Å². The molecule has 0 radical (unpaired) electrons. The molecule has 0 aromatic heterocycles. The van der Waals surface area contributed by atoms with E-state index in [2.05, 4.69) is 15.9 Å². The lowest BCUT2D eigenvalue weighted by molar-refractivity contribution is 0.104. The van der Waals surface area contributed by atoms with Crippen molar-refractivity contribution >= 4 is 33.5 Å². The summed E-state index contributed by atoms with van der Waals surface area (Å²) >= 11 is 3.41. The molecule has 7 heteroatoms. The third kappa shape index (κ3) is 5.23. The Morgan fingerprint density at radius 3 is 2.10 bits per heavy atom. The molecule has 156 valence electrons. The molecule has 2 aromatic carbocycles. The number of hydrogen-bond acceptors (Lipinski definition) is 6. The van der Waals surface area contributed by atoms with E-state index in [-0.39, 0.29) is 5.78 Å². The van der Waals surface area contributed by atoms with Crippen molar-refractivity contribution in [3.05, 3.63) is 45.9 Å². The van der Waals surface area contributed by atoms with Crippen molar-refractivity contribution in [3.8, 4) is 23.0 Å². The maximum Gasteiger partial charge on any atom is 0.203 e. The number of benzene rings is 2. The maximum atomic E-state index is 13.0. The van der Waals surface area contributed by atoms with Gasteiger partial charge in [-0.15, -0.1) is 0 Å². The Bertz CT molecular complexity index is 883. The zero-order valence-electron chi connectivity index (χ0n) is 17.5. The van der Waals surface area contributed by atoms with Crippen molar-refractivity contribution in [1.82, 2.24) is 0 Å². The van der Waals surface area contributed by atoms with E-state index in [1.807, 2.05) is 38.1 Å². The fourth-order valence-electron chi connectivity index (χ4n) is 2.82. The number of carbonyl (C=O) groups is 1. The topological polar surface area (TPSA) is 57.2 Å². The highest BCUT2D eigenvalue weighted by Gasteiger charge is 2.16. The Morgan fingerprint density at radius 1 is 1.00 bits per heavy atom. The molecule has 0 atom stereocenters. The molecule has 0 amide bonds. The summed E-state index contributed by atoms with van der Waals surface area (Å²) in [5.74, 6) is 2.11. The van der Waals surface area contributed by atoms with Crippen LogP contribution in [0, 0.1) is 0 Å². The first kappa shape index (κ1) is 22.6. The average molecular weight is 464 g/mol.